The Labute approximate surface area is 207 Å². The smallest absolute Gasteiger partial charge is 0.138 e. The lowest BCUT2D eigenvalue weighted by Crippen LogP contribution is -2.47. The zero-order valence-corrected chi connectivity index (χ0v) is 20.9. The number of nitrogen functional groups attached to an aromatic ring is 1. The van der Waals surface area contributed by atoms with E-state index in [1.165, 1.54) is 11.3 Å². The van der Waals surface area contributed by atoms with Crippen molar-refractivity contribution < 1.29 is 4.74 Å². The van der Waals surface area contributed by atoms with Gasteiger partial charge in [0, 0.05) is 44.0 Å². The maximum atomic E-state index is 5.88. The molecule has 0 unspecified atom stereocenters. The van der Waals surface area contributed by atoms with Crippen molar-refractivity contribution in [1.82, 2.24) is 14.9 Å². The number of rotatable bonds is 6. The van der Waals surface area contributed by atoms with Gasteiger partial charge in [-0.15, -0.1) is 0 Å². The summed E-state index contributed by atoms with van der Waals surface area (Å²) >= 11 is 0. The van der Waals surface area contributed by atoms with Crippen LogP contribution in [0.2, 0.25) is 0 Å². The average Bonchev–Trinajstić information content (AvgIpc) is 3.30. The average molecular weight is 470 g/mol. The predicted octanol–water partition coefficient (Wildman–Crippen LogP) is 5.31. The number of ether oxygens (including phenoxy) is 1. The molecule has 0 saturated carbocycles. The van der Waals surface area contributed by atoms with Crippen molar-refractivity contribution in [2.45, 2.75) is 26.2 Å². The third kappa shape index (κ3) is 5.28. The number of piperazine rings is 1. The van der Waals surface area contributed by atoms with Crippen LogP contribution in [0.1, 0.15) is 26.3 Å². The lowest BCUT2D eigenvalue weighted by Gasteiger charge is -2.36. The van der Waals surface area contributed by atoms with Gasteiger partial charge in [-0.2, -0.15) is 0 Å². The molecule has 182 valence electrons. The lowest BCUT2D eigenvalue weighted by atomic mass is 9.86. The molecule has 0 amide bonds. The Bertz CT molecular complexity index is 1280. The number of aromatic nitrogens is 2. The van der Waals surface area contributed by atoms with Crippen LogP contribution in [0.5, 0.6) is 5.75 Å². The molecule has 0 aliphatic carbocycles. The zero-order valence-electron chi connectivity index (χ0n) is 20.9. The van der Waals surface area contributed by atoms with Gasteiger partial charge in [-0.05, 0) is 53.4 Å². The summed E-state index contributed by atoms with van der Waals surface area (Å²) in [6.07, 6.45) is 0. The van der Waals surface area contributed by atoms with Gasteiger partial charge in [0.05, 0.1) is 11.2 Å². The molecule has 0 atom stereocenters. The van der Waals surface area contributed by atoms with Gasteiger partial charge in [-0.25, -0.2) is 4.98 Å². The van der Waals surface area contributed by atoms with E-state index >= 15 is 0 Å². The third-order valence-electron chi connectivity index (χ3n) is 6.76. The van der Waals surface area contributed by atoms with E-state index in [1.807, 2.05) is 24.3 Å². The van der Waals surface area contributed by atoms with Gasteiger partial charge in [-0.1, -0.05) is 45.0 Å². The monoisotopic (exact) mass is 469 g/mol. The molecule has 4 aromatic rings. The molecule has 2 heterocycles. The summed E-state index contributed by atoms with van der Waals surface area (Å²) < 4.78 is 5.88. The molecule has 0 spiro atoms. The van der Waals surface area contributed by atoms with Crippen LogP contribution in [0.4, 0.5) is 11.4 Å². The minimum atomic E-state index is 0.104. The van der Waals surface area contributed by atoms with E-state index in [2.05, 4.69) is 78.0 Å². The van der Waals surface area contributed by atoms with Crippen molar-refractivity contribution in [2.24, 2.45) is 0 Å². The summed E-state index contributed by atoms with van der Waals surface area (Å²) in [5, 5.41) is 0. The molecule has 6 heteroatoms. The second-order valence-electron chi connectivity index (χ2n) is 10.3. The van der Waals surface area contributed by atoms with Crippen LogP contribution in [-0.2, 0) is 5.41 Å². The van der Waals surface area contributed by atoms with E-state index in [-0.39, 0.29) is 5.41 Å². The minimum Gasteiger partial charge on any atom is -0.492 e. The molecule has 35 heavy (non-hydrogen) atoms. The van der Waals surface area contributed by atoms with Crippen molar-refractivity contribution in [1.29, 1.82) is 0 Å². The highest BCUT2D eigenvalue weighted by Gasteiger charge is 2.21. The molecule has 1 fully saturated rings. The number of fused-ring (bicyclic) bond motifs is 1. The maximum Gasteiger partial charge on any atom is 0.138 e. The fourth-order valence-electron chi connectivity index (χ4n) is 4.61. The normalized spacial score (nSPS) is 15.0. The van der Waals surface area contributed by atoms with Crippen molar-refractivity contribution in [3.63, 3.8) is 0 Å². The van der Waals surface area contributed by atoms with Crippen LogP contribution in [0.25, 0.3) is 22.4 Å². The molecule has 1 aliphatic heterocycles. The molecule has 0 bridgehead atoms. The summed E-state index contributed by atoms with van der Waals surface area (Å²) in [6.45, 7) is 12.3. The number of aromatic amines is 1. The first kappa shape index (κ1) is 23.2. The number of imidazole rings is 1. The fraction of sp³-hybridized carbons (Fsp3) is 0.345. The zero-order chi connectivity index (χ0) is 24.4. The SMILES string of the molecule is CC(C)(C)c1cccc(-c2nc3c(N4CCN(CCOc5ccc(N)cc5)CC4)cccc3[nH]2)c1. The maximum absolute atomic E-state index is 5.88. The minimum absolute atomic E-state index is 0.104. The number of hydrogen-bond donors (Lipinski definition) is 2. The fourth-order valence-corrected chi connectivity index (χ4v) is 4.61. The summed E-state index contributed by atoms with van der Waals surface area (Å²) in [6, 6.07) is 22.7. The van der Waals surface area contributed by atoms with E-state index in [4.69, 9.17) is 15.5 Å². The number of para-hydroxylation sites is 1. The van der Waals surface area contributed by atoms with E-state index in [0.717, 1.165) is 66.6 Å². The van der Waals surface area contributed by atoms with Gasteiger partial charge >= 0.3 is 0 Å². The molecule has 5 rings (SSSR count). The molecule has 3 aromatic carbocycles. The standard InChI is InChI=1S/C29H35N5O/c1-29(2,3)22-7-4-6-21(20-22)28-31-25-8-5-9-26(27(25)32-28)34-16-14-33(15-17-34)18-19-35-24-12-10-23(30)11-13-24/h4-13,20H,14-19,30H2,1-3H3,(H,31,32). The Morgan fingerprint density at radius 3 is 2.43 bits per heavy atom. The number of benzene rings is 3. The molecule has 0 radical (unpaired) electrons. The predicted molar refractivity (Wildman–Crippen MR) is 145 cm³/mol. The van der Waals surface area contributed by atoms with E-state index in [0.29, 0.717) is 6.61 Å². The van der Waals surface area contributed by atoms with Gasteiger partial charge in [0.15, 0.2) is 0 Å². The highest BCUT2D eigenvalue weighted by molar-refractivity contribution is 5.91. The third-order valence-corrected chi connectivity index (χ3v) is 6.76. The molecule has 3 N–H and O–H groups in total. The van der Waals surface area contributed by atoms with E-state index in [9.17, 15) is 0 Å². The summed E-state index contributed by atoms with van der Waals surface area (Å²) in [5.74, 6) is 1.80. The summed E-state index contributed by atoms with van der Waals surface area (Å²) in [5.41, 5.74) is 12.4. The summed E-state index contributed by atoms with van der Waals surface area (Å²) in [7, 11) is 0. The summed E-state index contributed by atoms with van der Waals surface area (Å²) in [4.78, 5) is 13.5. The topological polar surface area (TPSA) is 70.4 Å². The number of nitrogens with zero attached hydrogens (tertiary/aromatic N) is 3. The van der Waals surface area contributed by atoms with Crippen molar-refractivity contribution in [3.05, 3.63) is 72.3 Å². The number of nitrogens with two attached hydrogens (primary N) is 1. The second-order valence-corrected chi connectivity index (χ2v) is 10.3. The Morgan fingerprint density at radius 2 is 1.69 bits per heavy atom. The van der Waals surface area contributed by atoms with E-state index < -0.39 is 0 Å². The van der Waals surface area contributed by atoms with Gasteiger partial charge in [0.1, 0.15) is 23.7 Å². The first-order chi connectivity index (χ1) is 16.9. The van der Waals surface area contributed by atoms with Gasteiger partial charge < -0.3 is 20.4 Å². The van der Waals surface area contributed by atoms with Crippen LogP contribution in [0.15, 0.2) is 66.7 Å². The van der Waals surface area contributed by atoms with Crippen LogP contribution in [-0.4, -0.2) is 54.2 Å². The Kier molecular flexibility index (Phi) is 6.39. The van der Waals surface area contributed by atoms with Crippen LogP contribution >= 0.6 is 0 Å². The van der Waals surface area contributed by atoms with Gasteiger partial charge in [0.25, 0.3) is 0 Å². The first-order valence-corrected chi connectivity index (χ1v) is 12.4. The first-order valence-electron chi connectivity index (χ1n) is 12.4. The number of anilines is 2. The van der Waals surface area contributed by atoms with Gasteiger partial charge in [0.2, 0.25) is 0 Å². The second kappa shape index (κ2) is 9.62. The highest BCUT2D eigenvalue weighted by Crippen LogP contribution is 2.31. The van der Waals surface area contributed by atoms with Crippen molar-refractivity contribution >= 4 is 22.4 Å². The van der Waals surface area contributed by atoms with Crippen molar-refractivity contribution in [3.8, 4) is 17.1 Å². The quantitative estimate of drug-likeness (QED) is 0.375. The highest BCUT2D eigenvalue weighted by atomic mass is 16.5. The number of H-pyrrole nitrogens is 1. The molecule has 1 aromatic heterocycles. The van der Waals surface area contributed by atoms with E-state index in [1.54, 1.807) is 0 Å². The molecular formula is C29H35N5O. The van der Waals surface area contributed by atoms with Gasteiger partial charge in [-0.3, -0.25) is 4.90 Å². The molecule has 1 aliphatic rings. The molecule has 1 saturated heterocycles. The molecular weight excluding hydrogens is 434 g/mol. The molecule has 6 nitrogen and oxygen atoms in total. The number of nitrogens with one attached hydrogen (secondary N) is 1. The van der Waals surface area contributed by atoms with Crippen LogP contribution < -0.4 is 15.4 Å². The van der Waals surface area contributed by atoms with Crippen molar-refractivity contribution in [2.75, 3.05) is 50.0 Å². The Balaban J connectivity index is 1.25. The van der Waals surface area contributed by atoms with Crippen LogP contribution in [0, 0.1) is 0 Å². The Morgan fingerprint density at radius 1 is 0.943 bits per heavy atom. The lowest BCUT2D eigenvalue weighted by molar-refractivity contribution is 0.200. The number of hydrogen-bond acceptors (Lipinski definition) is 5. The van der Waals surface area contributed by atoms with Crippen LogP contribution in [0.3, 0.4) is 0 Å². The Hall–Kier alpha value is -3.51. The largest absolute Gasteiger partial charge is 0.492 e.